The maximum absolute atomic E-state index is 12.2. The molecule has 0 radical (unpaired) electrons. The van der Waals surface area contributed by atoms with Crippen LogP contribution >= 0.6 is 0 Å². The Kier molecular flexibility index (Phi) is 6.03. The third kappa shape index (κ3) is 5.66. The van der Waals surface area contributed by atoms with Gasteiger partial charge in [0.2, 0.25) is 0 Å². The van der Waals surface area contributed by atoms with Crippen molar-refractivity contribution < 1.29 is 13.2 Å². The number of hydrogen-bond donors (Lipinski definition) is 0. The van der Waals surface area contributed by atoms with Crippen LogP contribution in [0.15, 0.2) is 42.6 Å². The van der Waals surface area contributed by atoms with Crippen molar-refractivity contribution in [2.45, 2.75) is 58.0 Å². The molecule has 0 saturated heterocycles. The van der Waals surface area contributed by atoms with E-state index in [0.29, 0.717) is 11.5 Å². The molecule has 0 aliphatic carbocycles. The van der Waals surface area contributed by atoms with Gasteiger partial charge in [-0.1, -0.05) is 51.1 Å². The molecular formula is C20H24F3N. The molecule has 2 rings (SSSR count). The van der Waals surface area contributed by atoms with Crippen LogP contribution in [0.5, 0.6) is 0 Å². The van der Waals surface area contributed by atoms with Gasteiger partial charge in [0.05, 0.1) is 0 Å². The molecule has 0 bridgehead atoms. The van der Waals surface area contributed by atoms with Crippen molar-refractivity contribution in [1.82, 2.24) is 4.98 Å². The number of alkyl halides is 3. The molecule has 1 aromatic heterocycles. The Morgan fingerprint density at radius 1 is 0.917 bits per heavy atom. The van der Waals surface area contributed by atoms with Crippen molar-refractivity contribution in [3.63, 3.8) is 0 Å². The number of nitrogens with zero attached hydrogens (tertiary/aromatic N) is 1. The normalized spacial score (nSPS) is 13.3. The lowest BCUT2D eigenvalue weighted by Gasteiger charge is -2.13. The number of pyridine rings is 1. The van der Waals surface area contributed by atoms with Crippen LogP contribution < -0.4 is 0 Å². The first-order valence-corrected chi connectivity index (χ1v) is 8.35. The smallest absolute Gasteiger partial charge is 0.261 e. The molecule has 1 atom stereocenters. The summed E-state index contributed by atoms with van der Waals surface area (Å²) in [5.41, 5.74) is 4.11. The number of aryl methyl sites for hydroxylation is 1. The lowest BCUT2D eigenvalue weighted by Crippen LogP contribution is -2.09. The fraction of sp³-hybridized carbons (Fsp3) is 0.450. The zero-order chi connectivity index (χ0) is 17.7. The Bertz CT molecular complexity index is 627. The molecule has 0 N–H and O–H groups in total. The maximum Gasteiger partial charge on any atom is 0.389 e. The summed E-state index contributed by atoms with van der Waals surface area (Å²) < 4.78 is 36.7. The minimum atomic E-state index is -4.12. The summed E-state index contributed by atoms with van der Waals surface area (Å²) in [7, 11) is 0. The van der Waals surface area contributed by atoms with Gasteiger partial charge in [-0.3, -0.25) is 4.98 Å². The van der Waals surface area contributed by atoms with Crippen molar-refractivity contribution in [2.24, 2.45) is 0 Å². The molecule has 0 spiro atoms. The molecular weight excluding hydrogens is 311 g/mol. The predicted molar refractivity (Wildman–Crippen MR) is 91.3 cm³/mol. The van der Waals surface area contributed by atoms with Gasteiger partial charge in [0.25, 0.3) is 0 Å². The van der Waals surface area contributed by atoms with E-state index in [1.807, 2.05) is 6.07 Å². The first kappa shape index (κ1) is 18.5. The Labute approximate surface area is 141 Å². The van der Waals surface area contributed by atoms with E-state index in [2.05, 4.69) is 50.0 Å². The molecule has 4 heteroatoms. The van der Waals surface area contributed by atoms with Gasteiger partial charge >= 0.3 is 6.18 Å². The largest absolute Gasteiger partial charge is 0.389 e. The molecule has 130 valence electrons. The van der Waals surface area contributed by atoms with E-state index in [9.17, 15) is 13.2 Å². The number of rotatable bonds is 6. The van der Waals surface area contributed by atoms with Crippen LogP contribution in [0, 0.1) is 0 Å². The van der Waals surface area contributed by atoms with Gasteiger partial charge in [0.1, 0.15) is 0 Å². The number of benzene rings is 1. The van der Waals surface area contributed by atoms with Gasteiger partial charge in [-0.25, -0.2) is 0 Å². The molecule has 0 amide bonds. The minimum Gasteiger partial charge on any atom is -0.261 e. The van der Waals surface area contributed by atoms with Gasteiger partial charge in [-0.05, 0) is 41.5 Å². The van der Waals surface area contributed by atoms with Crippen molar-refractivity contribution in [3.8, 4) is 0 Å². The highest BCUT2D eigenvalue weighted by Gasteiger charge is 2.26. The van der Waals surface area contributed by atoms with Crippen LogP contribution in [-0.4, -0.2) is 11.2 Å². The van der Waals surface area contributed by atoms with E-state index in [0.717, 1.165) is 12.1 Å². The zero-order valence-corrected chi connectivity index (χ0v) is 14.4. The quantitative estimate of drug-likeness (QED) is 0.626. The fourth-order valence-corrected chi connectivity index (χ4v) is 2.66. The van der Waals surface area contributed by atoms with Crippen LogP contribution in [-0.2, 0) is 12.8 Å². The van der Waals surface area contributed by atoms with Crippen molar-refractivity contribution in [2.75, 3.05) is 0 Å². The molecule has 0 aliphatic heterocycles. The number of hydrogen-bond acceptors (Lipinski definition) is 1. The molecule has 24 heavy (non-hydrogen) atoms. The monoisotopic (exact) mass is 335 g/mol. The summed E-state index contributed by atoms with van der Waals surface area (Å²) >= 11 is 0. The summed E-state index contributed by atoms with van der Waals surface area (Å²) in [5.74, 6) is 0.744. The van der Waals surface area contributed by atoms with Crippen LogP contribution in [0.3, 0.4) is 0 Å². The molecule has 1 nitrogen and oxygen atoms in total. The molecule has 0 saturated carbocycles. The van der Waals surface area contributed by atoms with Crippen LogP contribution in [0.4, 0.5) is 13.2 Å². The Hall–Kier alpha value is -1.84. The lowest BCUT2D eigenvalue weighted by molar-refractivity contribution is -0.134. The summed E-state index contributed by atoms with van der Waals surface area (Å²) in [5, 5.41) is 0. The van der Waals surface area contributed by atoms with Gasteiger partial charge in [0.15, 0.2) is 0 Å². The second kappa shape index (κ2) is 7.82. The number of aromatic nitrogens is 1. The van der Waals surface area contributed by atoms with E-state index < -0.39 is 12.6 Å². The van der Waals surface area contributed by atoms with Gasteiger partial charge < -0.3 is 0 Å². The van der Waals surface area contributed by atoms with Gasteiger partial charge in [0, 0.05) is 24.2 Å². The predicted octanol–water partition coefficient (Wildman–Crippen LogP) is 6.05. The van der Waals surface area contributed by atoms with Gasteiger partial charge in [-0.15, -0.1) is 0 Å². The van der Waals surface area contributed by atoms with E-state index in [-0.39, 0.29) is 12.3 Å². The minimum absolute atomic E-state index is 0.0121. The molecule has 0 fully saturated rings. The van der Waals surface area contributed by atoms with E-state index >= 15 is 0 Å². The summed E-state index contributed by atoms with van der Waals surface area (Å²) in [6.45, 7) is 6.43. The van der Waals surface area contributed by atoms with Gasteiger partial charge in [-0.2, -0.15) is 13.2 Å². The highest BCUT2D eigenvalue weighted by Crippen LogP contribution is 2.24. The van der Waals surface area contributed by atoms with E-state index in [4.69, 9.17) is 0 Å². The lowest BCUT2D eigenvalue weighted by atomic mass is 9.95. The van der Waals surface area contributed by atoms with Crippen molar-refractivity contribution in [1.29, 1.82) is 0 Å². The molecule has 1 aromatic carbocycles. The van der Waals surface area contributed by atoms with Crippen molar-refractivity contribution in [3.05, 3.63) is 65.0 Å². The molecule has 1 heterocycles. The third-order valence-corrected chi connectivity index (χ3v) is 4.24. The SMILES string of the molecule is CC(C)c1ccc(CC(C)c2ccc(CCC(F)(F)F)cn2)cc1. The first-order chi connectivity index (χ1) is 11.2. The van der Waals surface area contributed by atoms with E-state index in [1.165, 1.54) is 11.1 Å². The highest BCUT2D eigenvalue weighted by molar-refractivity contribution is 5.26. The highest BCUT2D eigenvalue weighted by atomic mass is 19.4. The zero-order valence-electron chi connectivity index (χ0n) is 14.4. The Morgan fingerprint density at radius 3 is 2.04 bits per heavy atom. The average Bonchev–Trinajstić information content (AvgIpc) is 2.53. The maximum atomic E-state index is 12.2. The number of halogens is 3. The van der Waals surface area contributed by atoms with Crippen LogP contribution in [0.25, 0.3) is 0 Å². The Balaban J connectivity index is 1.95. The molecule has 0 aliphatic rings. The van der Waals surface area contributed by atoms with E-state index in [1.54, 1.807) is 12.3 Å². The first-order valence-electron chi connectivity index (χ1n) is 8.35. The molecule has 1 unspecified atom stereocenters. The van der Waals surface area contributed by atoms with Crippen molar-refractivity contribution >= 4 is 0 Å². The van der Waals surface area contributed by atoms with Crippen LogP contribution in [0.2, 0.25) is 0 Å². The summed E-state index contributed by atoms with van der Waals surface area (Å²) in [4.78, 5) is 4.35. The second-order valence-corrected chi connectivity index (χ2v) is 6.71. The fourth-order valence-electron chi connectivity index (χ4n) is 2.66. The third-order valence-electron chi connectivity index (χ3n) is 4.24. The Morgan fingerprint density at radius 2 is 1.54 bits per heavy atom. The molecule has 2 aromatic rings. The summed E-state index contributed by atoms with van der Waals surface area (Å²) in [6, 6.07) is 12.2. The summed E-state index contributed by atoms with van der Waals surface area (Å²) in [6.07, 6.45) is -2.49. The topological polar surface area (TPSA) is 12.9 Å². The standard InChI is InChI=1S/C20H24F3N/c1-14(2)18-7-4-16(5-8-18)12-15(3)19-9-6-17(13-24-19)10-11-20(21,22)23/h4-9,13-15H,10-12H2,1-3H3. The second-order valence-electron chi connectivity index (χ2n) is 6.71. The average molecular weight is 335 g/mol. The van der Waals surface area contributed by atoms with Crippen LogP contribution in [0.1, 0.15) is 61.4 Å².